The Bertz CT molecular complexity index is 4260. The highest BCUT2D eigenvalue weighted by Gasteiger charge is 2.22. The summed E-state index contributed by atoms with van der Waals surface area (Å²) in [6, 6.07) is 87.1. The van der Waals surface area contributed by atoms with Gasteiger partial charge in [-0.3, -0.25) is 0 Å². The van der Waals surface area contributed by atoms with Crippen LogP contribution in [0.1, 0.15) is 0 Å². The first kappa shape index (κ1) is 40.1. The number of nitrogens with zero attached hydrogens (tertiary/aromatic N) is 4. The Hall–Kier alpha value is -9.03. The Balaban J connectivity index is 1.06. The molecule has 0 bridgehead atoms. The van der Waals surface area contributed by atoms with Gasteiger partial charge in [0.1, 0.15) is 0 Å². The second-order valence-corrected chi connectivity index (χ2v) is 19.0. The maximum atomic E-state index is 5.44. The van der Waals surface area contributed by atoms with E-state index in [-0.39, 0.29) is 0 Å². The molecule has 0 radical (unpaired) electrons. The molecule has 0 aliphatic carbocycles. The Morgan fingerprint density at radius 1 is 0.286 bits per heavy atom. The highest BCUT2D eigenvalue weighted by Crippen LogP contribution is 2.44. The van der Waals surface area contributed by atoms with Crippen LogP contribution in [0.4, 0.5) is 0 Å². The predicted molar refractivity (Wildman–Crippen MR) is 295 cm³/mol. The van der Waals surface area contributed by atoms with Crippen molar-refractivity contribution in [1.82, 2.24) is 19.5 Å². The van der Waals surface area contributed by atoms with E-state index in [4.69, 9.17) is 15.0 Å². The molecule has 3 heterocycles. The third-order valence-electron chi connectivity index (χ3n) is 13.8. The topological polar surface area (TPSA) is 43.6 Å². The van der Waals surface area contributed by atoms with E-state index in [1.165, 1.54) is 52.5 Å². The summed E-state index contributed by atoms with van der Waals surface area (Å²) in [5.41, 5.74) is 12.7. The number of hydrogen-bond acceptors (Lipinski definition) is 4. The van der Waals surface area contributed by atoms with E-state index in [0.29, 0.717) is 17.5 Å². The van der Waals surface area contributed by atoms with Crippen LogP contribution in [0, 0.1) is 0 Å². The lowest BCUT2D eigenvalue weighted by molar-refractivity contribution is 1.07. The van der Waals surface area contributed by atoms with Crippen molar-refractivity contribution in [3.05, 3.63) is 243 Å². The zero-order chi connectivity index (χ0) is 46.1. The second-order valence-electron chi connectivity index (χ2n) is 17.9. The van der Waals surface area contributed by atoms with Gasteiger partial charge in [0, 0.05) is 53.2 Å². The molecule has 14 rings (SSSR count). The van der Waals surface area contributed by atoms with Gasteiger partial charge in [-0.25, -0.2) is 15.0 Å². The summed E-state index contributed by atoms with van der Waals surface area (Å²) in [6.07, 6.45) is 0. The molecule has 0 saturated heterocycles. The fourth-order valence-electron chi connectivity index (χ4n) is 10.6. The van der Waals surface area contributed by atoms with Crippen LogP contribution in [0.3, 0.4) is 0 Å². The van der Waals surface area contributed by atoms with Gasteiger partial charge in [0.05, 0.1) is 16.7 Å². The number of hydrogen-bond donors (Lipinski definition) is 0. The molecule has 70 heavy (non-hydrogen) atoms. The summed E-state index contributed by atoms with van der Waals surface area (Å²) in [5.74, 6) is 1.82. The van der Waals surface area contributed by atoms with Crippen molar-refractivity contribution in [1.29, 1.82) is 0 Å². The predicted octanol–water partition coefficient (Wildman–Crippen LogP) is 17.6. The molecule has 326 valence electrons. The summed E-state index contributed by atoms with van der Waals surface area (Å²) < 4.78 is 5.00. The molecule has 0 spiro atoms. The van der Waals surface area contributed by atoms with Crippen LogP contribution >= 0.6 is 11.3 Å². The number of fused-ring (bicyclic) bond motifs is 9. The fourth-order valence-corrected chi connectivity index (χ4v) is 11.7. The van der Waals surface area contributed by atoms with Gasteiger partial charge >= 0.3 is 0 Å². The average molecular weight is 909 g/mol. The van der Waals surface area contributed by atoms with Crippen LogP contribution in [0.15, 0.2) is 243 Å². The second kappa shape index (κ2) is 16.3. The van der Waals surface area contributed by atoms with Gasteiger partial charge < -0.3 is 4.57 Å². The van der Waals surface area contributed by atoms with Gasteiger partial charge in [0.25, 0.3) is 0 Å². The molecule has 0 atom stereocenters. The minimum Gasteiger partial charge on any atom is -0.309 e. The summed E-state index contributed by atoms with van der Waals surface area (Å²) in [6.45, 7) is 0. The summed E-state index contributed by atoms with van der Waals surface area (Å²) in [7, 11) is 0. The van der Waals surface area contributed by atoms with Crippen molar-refractivity contribution < 1.29 is 0 Å². The maximum absolute atomic E-state index is 5.44. The molecule has 0 N–H and O–H groups in total. The Morgan fingerprint density at radius 3 is 1.53 bits per heavy atom. The van der Waals surface area contributed by atoms with Crippen LogP contribution in [-0.2, 0) is 0 Å². The van der Waals surface area contributed by atoms with Crippen molar-refractivity contribution in [2.45, 2.75) is 0 Å². The third kappa shape index (κ3) is 6.62. The van der Waals surface area contributed by atoms with E-state index in [2.05, 4.69) is 247 Å². The van der Waals surface area contributed by atoms with E-state index in [1.807, 2.05) is 11.3 Å². The van der Waals surface area contributed by atoms with E-state index in [1.54, 1.807) is 0 Å². The molecular formula is C65H40N4S. The Morgan fingerprint density at radius 2 is 0.829 bits per heavy atom. The summed E-state index contributed by atoms with van der Waals surface area (Å²) in [5, 5.41) is 9.88. The molecular weight excluding hydrogens is 869 g/mol. The quantitative estimate of drug-likeness (QED) is 0.160. The van der Waals surface area contributed by atoms with E-state index in [0.717, 1.165) is 66.8 Å². The SMILES string of the molecule is c1ccc(-c2ccccc2-c2nc(-c3ccc(-n4c5cc6ccccc6cc5c5c6ccccc6ccc54)c(-c4ccc5c(c4)sc4ccccc45)c3)nc(-c3ccccc3-c3ccccc3)n2)cc1. The standard InChI is InChI=1S/C65H40N4S/c1-3-17-41(18-4-1)48-24-11-13-28-53(48)64-66-63(67-65(68-64)54-29-14-12-25-49(54)42-19-5-2-6-20-42)47-33-35-57(55(38-47)46-31-34-52-51-27-15-16-30-60(51)70-61(52)40-46)69-58-36-32-43-21-9-10-26-50(43)62(58)56-37-44-22-7-8-23-45(44)39-59(56)69/h1-40H. The van der Waals surface area contributed by atoms with Crippen molar-refractivity contribution in [2.24, 2.45) is 0 Å². The van der Waals surface area contributed by atoms with Crippen molar-refractivity contribution >= 4 is 74.9 Å². The first-order valence-corrected chi connectivity index (χ1v) is 24.5. The first-order valence-electron chi connectivity index (χ1n) is 23.7. The molecule has 3 aromatic heterocycles. The highest BCUT2D eigenvalue weighted by atomic mass is 32.1. The third-order valence-corrected chi connectivity index (χ3v) is 15.0. The molecule has 5 heteroatoms. The molecule has 11 aromatic carbocycles. The number of rotatable bonds is 7. The maximum Gasteiger partial charge on any atom is 0.164 e. The zero-order valence-corrected chi connectivity index (χ0v) is 38.6. The monoisotopic (exact) mass is 908 g/mol. The van der Waals surface area contributed by atoms with Gasteiger partial charge in [-0.05, 0) is 97.9 Å². The lowest BCUT2D eigenvalue weighted by Gasteiger charge is -2.17. The lowest BCUT2D eigenvalue weighted by atomic mass is 9.97. The van der Waals surface area contributed by atoms with Crippen molar-refractivity contribution in [3.63, 3.8) is 0 Å². The van der Waals surface area contributed by atoms with Gasteiger partial charge in [-0.2, -0.15) is 0 Å². The molecule has 0 unspecified atom stereocenters. The smallest absolute Gasteiger partial charge is 0.164 e. The lowest BCUT2D eigenvalue weighted by Crippen LogP contribution is -2.03. The van der Waals surface area contributed by atoms with Crippen LogP contribution < -0.4 is 0 Å². The molecule has 0 amide bonds. The molecule has 14 aromatic rings. The van der Waals surface area contributed by atoms with Crippen molar-refractivity contribution in [2.75, 3.05) is 0 Å². The zero-order valence-electron chi connectivity index (χ0n) is 37.8. The van der Waals surface area contributed by atoms with Gasteiger partial charge in [-0.1, -0.05) is 194 Å². The Labute approximate surface area is 408 Å². The summed E-state index contributed by atoms with van der Waals surface area (Å²) in [4.78, 5) is 16.2. The molecule has 0 aliphatic rings. The minimum atomic E-state index is 0.598. The van der Waals surface area contributed by atoms with E-state index < -0.39 is 0 Å². The van der Waals surface area contributed by atoms with E-state index in [9.17, 15) is 0 Å². The first-order chi connectivity index (χ1) is 34.7. The van der Waals surface area contributed by atoms with Gasteiger partial charge in [0.15, 0.2) is 17.5 Å². The Kier molecular flexibility index (Phi) is 9.36. The van der Waals surface area contributed by atoms with Gasteiger partial charge in [-0.15, -0.1) is 11.3 Å². The van der Waals surface area contributed by atoms with Crippen LogP contribution in [0.2, 0.25) is 0 Å². The van der Waals surface area contributed by atoms with Crippen LogP contribution in [-0.4, -0.2) is 19.5 Å². The number of aromatic nitrogens is 4. The molecule has 4 nitrogen and oxygen atoms in total. The van der Waals surface area contributed by atoms with E-state index >= 15 is 0 Å². The number of benzene rings is 11. The largest absolute Gasteiger partial charge is 0.309 e. The van der Waals surface area contributed by atoms with Crippen molar-refractivity contribution in [3.8, 4) is 73.2 Å². The fraction of sp³-hybridized carbons (Fsp3) is 0. The normalized spacial score (nSPS) is 11.7. The minimum absolute atomic E-state index is 0.598. The summed E-state index contributed by atoms with van der Waals surface area (Å²) >= 11 is 1.84. The molecule has 0 fully saturated rings. The average Bonchev–Trinajstić information content (AvgIpc) is 3.97. The molecule has 0 aliphatic heterocycles. The highest BCUT2D eigenvalue weighted by molar-refractivity contribution is 7.25. The molecule has 0 saturated carbocycles. The number of thiophene rings is 1. The van der Waals surface area contributed by atoms with Gasteiger partial charge in [0.2, 0.25) is 0 Å². The van der Waals surface area contributed by atoms with Crippen LogP contribution in [0.25, 0.3) is 137 Å². The van der Waals surface area contributed by atoms with Crippen LogP contribution in [0.5, 0.6) is 0 Å².